The maximum absolute atomic E-state index is 12.3. The highest BCUT2D eigenvalue weighted by Crippen LogP contribution is 2.26. The molecule has 0 bridgehead atoms. The van der Waals surface area contributed by atoms with Gasteiger partial charge in [0.15, 0.2) is 0 Å². The molecule has 0 atom stereocenters. The normalized spacial score (nSPS) is 12.4. The molecular weight excluding hydrogens is 356 g/mol. The summed E-state index contributed by atoms with van der Waals surface area (Å²) in [6.07, 6.45) is 14.1. The van der Waals surface area contributed by atoms with E-state index in [9.17, 15) is 8.42 Å². The SMILES string of the molecule is CCCCCCCCCCCCC(C)(C)COS(=O)(=O)c1ccc(C)cc1. The first-order chi connectivity index (χ1) is 12.8. The Morgan fingerprint density at radius 3 is 1.81 bits per heavy atom. The average Bonchev–Trinajstić information content (AvgIpc) is 2.62. The smallest absolute Gasteiger partial charge is 0.266 e. The van der Waals surface area contributed by atoms with Gasteiger partial charge in [-0.2, -0.15) is 8.42 Å². The van der Waals surface area contributed by atoms with E-state index in [1.165, 1.54) is 57.8 Å². The molecule has 27 heavy (non-hydrogen) atoms. The van der Waals surface area contributed by atoms with Crippen LogP contribution in [-0.4, -0.2) is 15.0 Å². The van der Waals surface area contributed by atoms with Gasteiger partial charge in [-0.25, -0.2) is 0 Å². The molecule has 0 heterocycles. The molecule has 0 saturated carbocycles. The minimum Gasteiger partial charge on any atom is -0.266 e. The van der Waals surface area contributed by atoms with Crippen LogP contribution < -0.4 is 0 Å². The monoisotopic (exact) mass is 396 g/mol. The first kappa shape index (κ1) is 24.2. The molecule has 156 valence electrons. The molecule has 0 fully saturated rings. The van der Waals surface area contributed by atoms with Crippen molar-refractivity contribution in [2.75, 3.05) is 6.61 Å². The van der Waals surface area contributed by atoms with Gasteiger partial charge in [0.1, 0.15) is 0 Å². The van der Waals surface area contributed by atoms with Crippen LogP contribution >= 0.6 is 0 Å². The van der Waals surface area contributed by atoms with Gasteiger partial charge in [-0.3, -0.25) is 4.18 Å². The van der Waals surface area contributed by atoms with Crippen molar-refractivity contribution in [3.8, 4) is 0 Å². The van der Waals surface area contributed by atoms with E-state index in [1.807, 2.05) is 6.92 Å². The summed E-state index contributed by atoms with van der Waals surface area (Å²) in [6, 6.07) is 6.82. The second kappa shape index (κ2) is 12.6. The molecule has 0 aromatic heterocycles. The summed E-state index contributed by atoms with van der Waals surface area (Å²) in [5.74, 6) is 0. The fraction of sp³-hybridized carbons (Fsp3) is 0.739. The molecule has 0 spiro atoms. The van der Waals surface area contributed by atoms with Crippen LogP contribution in [-0.2, 0) is 14.3 Å². The van der Waals surface area contributed by atoms with Crippen molar-refractivity contribution in [2.45, 2.75) is 103 Å². The standard InChI is InChI=1S/C23H40O3S/c1-5-6-7-8-9-10-11-12-13-14-19-23(3,4)20-26-27(24,25)22-17-15-21(2)16-18-22/h15-18H,5-14,19-20H2,1-4H3. The number of benzene rings is 1. The van der Waals surface area contributed by atoms with Crippen LogP contribution in [0.3, 0.4) is 0 Å². The van der Waals surface area contributed by atoms with Crippen LogP contribution in [0.4, 0.5) is 0 Å². The third-order valence-corrected chi connectivity index (χ3v) is 6.40. The number of hydrogen-bond donors (Lipinski definition) is 0. The van der Waals surface area contributed by atoms with E-state index in [0.717, 1.165) is 18.4 Å². The number of unbranched alkanes of at least 4 members (excludes halogenated alkanes) is 9. The van der Waals surface area contributed by atoms with Crippen LogP contribution in [0.2, 0.25) is 0 Å². The third-order valence-electron chi connectivity index (χ3n) is 5.12. The van der Waals surface area contributed by atoms with Gasteiger partial charge in [0.25, 0.3) is 10.1 Å². The summed E-state index contributed by atoms with van der Waals surface area (Å²) < 4.78 is 30.0. The van der Waals surface area contributed by atoms with E-state index in [0.29, 0.717) is 0 Å². The van der Waals surface area contributed by atoms with Crippen molar-refractivity contribution in [3.63, 3.8) is 0 Å². The Balaban J connectivity index is 2.19. The van der Waals surface area contributed by atoms with Gasteiger partial charge in [-0.15, -0.1) is 0 Å². The summed E-state index contributed by atoms with van der Waals surface area (Å²) in [6.45, 7) is 8.61. The highest BCUT2D eigenvalue weighted by Gasteiger charge is 2.23. The largest absolute Gasteiger partial charge is 0.296 e. The summed E-state index contributed by atoms with van der Waals surface area (Å²) in [4.78, 5) is 0.239. The van der Waals surface area contributed by atoms with E-state index >= 15 is 0 Å². The second-order valence-corrected chi connectivity index (χ2v) is 10.2. The fourth-order valence-electron chi connectivity index (χ4n) is 3.17. The quantitative estimate of drug-likeness (QED) is 0.236. The van der Waals surface area contributed by atoms with E-state index in [-0.39, 0.29) is 16.9 Å². The lowest BCUT2D eigenvalue weighted by atomic mass is 9.88. The first-order valence-electron chi connectivity index (χ1n) is 10.7. The highest BCUT2D eigenvalue weighted by molar-refractivity contribution is 7.86. The summed E-state index contributed by atoms with van der Waals surface area (Å²) >= 11 is 0. The molecule has 1 aromatic rings. The molecule has 0 aliphatic rings. The number of rotatable bonds is 15. The Labute approximate surface area is 168 Å². The van der Waals surface area contributed by atoms with Gasteiger partial charge < -0.3 is 0 Å². The summed E-state index contributed by atoms with van der Waals surface area (Å²) in [7, 11) is -3.66. The second-order valence-electron chi connectivity index (χ2n) is 8.63. The first-order valence-corrected chi connectivity index (χ1v) is 12.1. The summed E-state index contributed by atoms with van der Waals surface area (Å²) in [5.41, 5.74) is 0.910. The molecule has 1 rings (SSSR count). The van der Waals surface area contributed by atoms with Gasteiger partial charge in [-0.1, -0.05) is 103 Å². The van der Waals surface area contributed by atoms with E-state index < -0.39 is 10.1 Å². The molecule has 0 aliphatic heterocycles. The fourth-order valence-corrected chi connectivity index (χ4v) is 4.25. The molecule has 0 saturated heterocycles. The van der Waals surface area contributed by atoms with Gasteiger partial charge in [0.05, 0.1) is 11.5 Å². The zero-order chi connectivity index (χ0) is 20.2. The molecule has 1 aromatic carbocycles. The maximum Gasteiger partial charge on any atom is 0.296 e. The highest BCUT2D eigenvalue weighted by atomic mass is 32.2. The maximum atomic E-state index is 12.3. The summed E-state index contributed by atoms with van der Waals surface area (Å²) in [5, 5.41) is 0. The van der Waals surface area contributed by atoms with Crippen molar-refractivity contribution in [3.05, 3.63) is 29.8 Å². The van der Waals surface area contributed by atoms with Crippen molar-refractivity contribution in [2.24, 2.45) is 5.41 Å². The predicted octanol–water partition coefficient (Wildman–Crippen LogP) is 7.04. The molecular formula is C23H40O3S. The average molecular weight is 397 g/mol. The molecule has 0 amide bonds. The van der Waals surface area contributed by atoms with Crippen LogP contribution in [0.15, 0.2) is 29.2 Å². The zero-order valence-corrected chi connectivity index (χ0v) is 18.7. The van der Waals surface area contributed by atoms with Crippen LogP contribution in [0, 0.1) is 12.3 Å². The van der Waals surface area contributed by atoms with Crippen molar-refractivity contribution < 1.29 is 12.6 Å². The Morgan fingerprint density at radius 2 is 1.30 bits per heavy atom. The van der Waals surface area contributed by atoms with Gasteiger partial charge in [0, 0.05) is 0 Å². The van der Waals surface area contributed by atoms with E-state index in [1.54, 1.807) is 24.3 Å². The van der Waals surface area contributed by atoms with Gasteiger partial charge >= 0.3 is 0 Å². The Hall–Kier alpha value is -0.870. The molecule has 4 heteroatoms. The Kier molecular flexibility index (Phi) is 11.2. The number of aryl methyl sites for hydroxylation is 1. The lowest BCUT2D eigenvalue weighted by molar-refractivity contribution is 0.171. The molecule has 0 radical (unpaired) electrons. The predicted molar refractivity (Wildman–Crippen MR) is 115 cm³/mol. The van der Waals surface area contributed by atoms with Crippen molar-refractivity contribution in [1.82, 2.24) is 0 Å². The van der Waals surface area contributed by atoms with Crippen molar-refractivity contribution >= 4 is 10.1 Å². The lowest BCUT2D eigenvalue weighted by Crippen LogP contribution is -2.22. The van der Waals surface area contributed by atoms with E-state index in [2.05, 4.69) is 20.8 Å². The topological polar surface area (TPSA) is 43.4 Å². The molecule has 0 unspecified atom stereocenters. The minimum absolute atomic E-state index is 0.127. The van der Waals surface area contributed by atoms with Gasteiger partial charge in [-0.05, 0) is 30.9 Å². The minimum atomic E-state index is -3.66. The van der Waals surface area contributed by atoms with Crippen LogP contribution in [0.5, 0.6) is 0 Å². The lowest BCUT2D eigenvalue weighted by Gasteiger charge is -2.24. The zero-order valence-electron chi connectivity index (χ0n) is 17.9. The molecule has 0 aliphatic carbocycles. The van der Waals surface area contributed by atoms with Crippen molar-refractivity contribution in [1.29, 1.82) is 0 Å². The third kappa shape index (κ3) is 10.9. The Bertz CT molecular complexity index is 603. The number of hydrogen-bond acceptors (Lipinski definition) is 3. The van der Waals surface area contributed by atoms with E-state index in [4.69, 9.17) is 4.18 Å². The molecule has 0 N–H and O–H groups in total. The van der Waals surface area contributed by atoms with Gasteiger partial charge in [0.2, 0.25) is 0 Å². The van der Waals surface area contributed by atoms with Crippen LogP contribution in [0.1, 0.15) is 97.0 Å². The molecule has 3 nitrogen and oxygen atoms in total. The van der Waals surface area contributed by atoms with Crippen LogP contribution in [0.25, 0.3) is 0 Å². The Morgan fingerprint density at radius 1 is 0.815 bits per heavy atom.